The molecule has 26 heavy (non-hydrogen) atoms. The third-order valence-corrected chi connectivity index (χ3v) is 6.48. The maximum Gasteiger partial charge on any atom is 0.331 e. The SMILES string of the molecule is C=CC(C)=CCC1C(C(=O)O)=CC(OC(C)=O)C2C(C)(C)CCCC12C. The minimum absolute atomic E-state index is 0.0247. The molecule has 0 saturated heterocycles. The molecule has 1 saturated carbocycles. The molecule has 4 heteroatoms. The summed E-state index contributed by atoms with van der Waals surface area (Å²) in [6.45, 7) is 13.8. The van der Waals surface area contributed by atoms with Crippen LogP contribution in [0.3, 0.4) is 0 Å². The molecule has 1 fully saturated rings. The first-order valence-electron chi connectivity index (χ1n) is 9.44. The molecule has 0 spiro atoms. The van der Waals surface area contributed by atoms with Crippen molar-refractivity contribution >= 4 is 11.9 Å². The van der Waals surface area contributed by atoms with Crippen molar-refractivity contribution in [2.24, 2.45) is 22.7 Å². The summed E-state index contributed by atoms with van der Waals surface area (Å²) in [6.07, 6.45) is 8.78. The number of rotatable bonds is 5. The fourth-order valence-electron chi connectivity index (χ4n) is 5.38. The second-order valence-electron chi connectivity index (χ2n) is 8.77. The molecule has 144 valence electrons. The predicted octanol–water partition coefficient (Wildman–Crippen LogP) is 4.91. The van der Waals surface area contributed by atoms with Gasteiger partial charge < -0.3 is 9.84 Å². The van der Waals surface area contributed by atoms with E-state index in [0.717, 1.165) is 24.8 Å². The van der Waals surface area contributed by atoms with E-state index in [1.165, 1.54) is 6.92 Å². The number of hydrogen-bond donors (Lipinski definition) is 1. The van der Waals surface area contributed by atoms with Crippen molar-refractivity contribution in [1.82, 2.24) is 0 Å². The van der Waals surface area contributed by atoms with Crippen molar-refractivity contribution in [2.45, 2.75) is 66.4 Å². The van der Waals surface area contributed by atoms with Gasteiger partial charge in [0.1, 0.15) is 6.10 Å². The highest BCUT2D eigenvalue weighted by Gasteiger charge is 2.57. The Hall–Kier alpha value is -1.84. The van der Waals surface area contributed by atoms with E-state index in [1.807, 2.05) is 6.92 Å². The number of hydrogen-bond acceptors (Lipinski definition) is 3. The first-order chi connectivity index (χ1) is 12.0. The second kappa shape index (κ2) is 7.42. The zero-order valence-electron chi connectivity index (χ0n) is 16.7. The van der Waals surface area contributed by atoms with Gasteiger partial charge in [0.05, 0.1) is 0 Å². The third kappa shape index (κ3) is 3.79. The number of esters is 1. The molecule has 4 atom stereocenters. The van der Waals surface area contributed by atoms with Crippen LogP contribution in [0.25, 0.3) is 0 Å². The number of aliphatic carboxylic acids is 1. The van der Waals surface area contributed by atoms with Gasteiger partial charge in [-0.2, -0.15) is 0 Å². The summed E-state index contributed by atoms with van der Waals surface area (Å²) >= 11 is 0. The zero-order chi connectivity index (χ0) is 19.7. The van der Waals surface area contributed by atoms with Crippen LogP contribution >= 0.6 is 0 Å². The van der Waals surface area contributed by atoms with Crippen LogP contribution in [0.1, 0.15) is 60.3 Å². The van der Waals surface area contributed by atoms with Gasteiger partial charge in [-0.3, -0.25) is 4.79 Å². The van der Waals surface area contributed by atoms with Gasteiger partial charge in [0.2, 0.25) is 0 Å². The maximum absolute atomic E-state index is 12.0. The molecule has 0 aromatic rings. The molecule has 1 N–H and O–H groups in total. The summed E-state index contributed by atoms with van der Waals surface area (Å²) < 4.78 is 5.63. The smallest absolute Gasteiger partial charge is 0.331 e. The van der Waals surface area contributed by atoms with Crippen molar-refractivity contribution in [1.29, 1.82) is 0 Å². The van der Waals surface area contributed by atoms with E-state index in [9.17, 15) is 14.7 Å². The number of ether oxygens (including phenoxy) is 1. The lowest BCUT2D eigenvalue weighted by Crippen LogP contribution is -2.55. The van der Waals surface area contributed by atoms with Crippen LogP contribution in [0.2, 0.25) is 0 Å². The van der Waals surface area contributed by atoms with Crippen LogP contribution < -0.4 is 0 Å². The molecule has 0 bridgehead atoms. The van der Waals surface area contributed by atoms with E-state index in [0.29, 0.717) is 12.0 Å². The van der Waals surface area contributed by atoms with Crippen LogP contribution in [-0.4, -0.2) is 23.1 Å². The van der Waals surface area contributed by atoms with Crippen molar-refractivity contribution < 1.29 is 19.4 Å². The van der Waals surface area contributed by atoms with Crippen molar-refractivity contribution in [3.8, 4) is 0 Å². The van der Waals surface area contributed by atoms with E-state index in [1.54, 1.807) is 12.2 Å². The normalized spacial score (nSPS) is 33.7. The minimum atomic E-state index is -0.917. The van der Waals surface area contributed by atoms with Gasteiger partial charge in [0, 0.05) is 24.3 Å². The second-order valence-corrected chi connectivity index (χ2v) is 8.77. The first-order valence-corrected chi connectivity index (χ1v) is 9.44. The Labute approximate surface area is 157 Å². The highest BCUT2D eigenvalue weighted by molar-refractivity contribution is 5.88. The molecule has 0 aromatic carbocycles. The van der Waals surface area contributed by atoms with E-state index in [4.69, 9.17) is 4.74 Å². The van der Waals surface area contributed by atoms with Crippen LogP contribution in [0.4, 0.5) is 0 Å². The molecule has 2 aliphatic carbocycles. The first kappa shape index (κ1) is 20.5. The number of allylic oxidation sites excluding steroid dienone is 3. The molecule has 2 rings (SSSR count). The van der Waals surface area contributed by atoms with E-state index >= 15 is 0 Å². The Kier molecular flexibility index (Phi) is 5.84. The van der Waals surface area contributed by atoms with Gasteiger partial charge in [0.15, 0.2) is 0 Å². The van der Waals surface area contributed by atoms with Crippen molar-refractivity contribution in [2.75, 3.05) is 0 Å². The fraction of sp³-hybridized carbons (Fsp3) is 0.636. The number of fused-ring (bicyclic) bond motifs is 1. The van der Waals surface area contributed by atoms with Gasteiger partial charge in [-0.15, -0.1) is 0 Å². The molecule has 2 aliphatic rings. The molecule has 0 aliphatic heterocycles. The molecular weight excluding hydrogens is 328 g/mol. The average Bonchev–Trinajstić information content (AvgIpc) is 2.51. The lowest BCUT2D eigenvalue weighted by Gasteiger charge is -2.58. The molecular formula is C22H32O4. The summed E-state index contributed by atoms with van der Waals surface area (Å²) in [5, 5.41) is 9.87. The monoisotopic (exact) mass is 360 g/mol. The summed E-state index contributed by atoms with van der Waals surface area (Å²) in [5.74, 6) is -1.29. The summed E-state index contributed by atoms with van der Waals surface area (Å²) in [6, 6.07) is 0. The summed E-state index contributed by atoms with van der Waals surface area (Å²) in [4.78, 5) is 23.7. The van der Waals surface area contributed by atoms with Crippen LogP contribution in [0.5, 0.6) is 0 Å². The highest BCUT2D eigenvalue weighted by Crippen LogP contribution is 2.61. The average molecular weight is 360 g/mol. The fourth-order valence-corrected chi connectivity index (χ4v) is 5.38. The number of carbonyl (C=O) groups is 2. The van der Waals surface area contributed by atoms with Crippen LogP contribution in [-0.2, 0) is 14.3 Å². The number of carboxylic acids is 1. The topological polar surface area (TPSA) is 63.6 Å². The quantitative estimate of drug-likeness (QED) is 0.559. The van der Waals surface area contributed by atoms with E-state index in [2.05, 4.69) is 33.4 Å². The lowest BCUT2D eigenvalue weighted by molar-refractivity contribution is -0.162. The van der Waals surface area contributed by atoms with Gasteiger partial charge in [-0.05, 0) is 43.1 Å². The van der Waals surface area contributed by atoms with Crippen molar-refractivity contribution in [3.63, 3.8) is 0 Å². The molecule has 0 radical (unpaired) electrons. The number of carboxylic acid groups (broad SMARTS) is 1. The Morgan fingerprint density at radius 3 is 2.50 bits per heavy atom. The van der Waals surface area contributed by atoms with Crippen LogP contribution in [0.15, 0.2) is 36.0 Å². The van der Waals surface area contributed by atoms with Gasteiger partial charge in [-0.25, -0.2) is 4.79 Å². The van der Waals surface area contributed by atoms with Gasteiger partial charge in [-0.1, -0.05) is 51.5 Å². The van der Waals surface area contributed by atoms with E-state index < -0.39 is 12.1 Å². The molecule has 4 nitrogen and oxygen atoms in total. The van der Waals surface area contributed by atoms with E-state index in [-0.39, 0.29) is 28.6 Å². The Morgan fingerprint density at radius 1 is 1.31 bits per heavy atom. The molecule has 4 unspecified atom stereocenters. The zero-order valence-corrected chi connectivity index (χ0v) is 16.7. The number of carbonyl (C=O) groups excluding carboxylic acids is 1. The predicted molar refractivity (Wildman–Crippen MR) is 103 cm³/mol. The summed E-state index contributed by atoms with van der Waals surface area (Å²) in [5.41, 5.74) is 1.17. The van der Waals surface area contributed by atoms with Gasteiger partial charge >= 0.3 is 11.9 Å². The molecule has 0 aromatic heterocycles. The van der Waals surface area contributed by atoms with Gasteiger partial charge in [0.25, 0.3) is 0 Å². The molecule has 0 amide bonds. The summed E-state index contributed by atoms with van der Waals surface area (Å²) in [7, 11) is 0. The minimum Gasteiger partial charge on any atom is -0.478 e. The highest BCUT2D eigenvalue weighted by atomic mass is 16.5. The standard InChI is InChI=1S/C22H32O4/c1-7-14(2)9-10-17-16(20(24)25)13-18(26-15(3)23)19-21(4,5)11-8-12-22(17,19)6/h7,9,13,17-19H,1,8,10-12H2,2-6H3,(H,24,25). The van der Waals surface area contributed by atoms with Crippen molar-refractivity contribution in [3.05, 3.63) is 36.0 Å². The lowest BCUT2D eigenvalue weighted by atomic mass is 9.47. The maximum atomic E-state index is 12.0. The third-order valence-electron chi connectivity index (χ3n) is 6.48. The largest absolute Gasteiger partial charge is 0.478 e. The van der Waals surface area contributed by atoms with Crippen LogP contribution in [0, 0.1) is 22.7 Å². The Balaban J connectivity index is 2.59. The molecule has 0 heterocycles. The Morgan fingerprint density at radius 2 is 1.96 bits per heavy atom. The Bertz CT molecular complexity index is 655.